The molecule has 0 aliphatic carbocycles. The fourth-order valence-electron chi connectivity index (χ4n) is 2.31. The van der Waals surface area contributed by atoms with Crippen LogP contribution in [0.3, 0.4) is 0 Å². The third-order valence-electron chi connectivity index (χ3n) is 3.41. The van der Waals surface area contributed by atoms with Crippen LogP contribution in [0.25, 0.3) is 10.9 Å². The maximum Gasteiger partial charge on any atom is 0.240 e. The average molecular weight is 410 g/mol. The summed E-state index contributed by atoms with van der Waals surface area (Å²) in [5.74, 6) is -0.218. The molecule has 0 amide bonds. The molecule has 3 aromatic rings. The van der Waals surface area contributed by atoms with Crippen molar-refractivity contribution in [1.82, 2.24) is 4.98 Å². The number of rotatable bonds is 3. The second kappa shape index (κ2) is 7.00. The Bertz CT molecular complexity index is 1140. The van der Waals surface area contributed by atoms with E-state index in [2.05, 4.69) is 20.5 Å². The summed E-state index contributed by atoms with van der Waals surface area (Å²) in [6.07, 6.45) is 0. The first-order valence-corrected chi connectivity index (χ1v) is 9.44. The number of anilines is 1. The van der Waals surface area contributed by atoms with Crippen molar-refractivity contribution in [3.8, 4) is 5.88 Å². The van der Waals surface area contributed by atoms with Crippen LogP contribution in [0.2, 0.25) is 5.02 Å². The van der Waals surface area contributed by atoms with Crippen LogP contribution in [0.5, 0.6) is 5.88 Å². The van der Waals surface area contributed by atoms with Crippen LogP contribution in [0.4, 0.5) is 11.4 Å². The highest BCUT2D eigenvalue weighted by atomic mass is 35.5. The molecule has 134 valence electrons. The Morgan fingerprint density at radius 1 is 1.23 bits per heavy atom. The van der Waals surface area contributed by atoms with E-state index in [9.17, 15) is 13.5 Å². The number of sulfonamides is 1. The Morgan fingerprint density at radius 2 is 1.96 bits per heavy atom. The van der Waals surface area contributed by atoms with Crippen LogP contribution in [0.1, 0.15) is 0 Å². The summed E-state index contributed by atoms with van der Waals surface area (Å²) in [7, 11) is -3.93. The van der Waals surface area contributed by atoms with E-state index >= 15 is 0 Å². The number of hydrogen-bond acceptors (Lipinski definition) is 5. The van der Waals surface area contributed by atoms with Crippen molar-refractivity contribution in [3.05, 3.63) is 47.5 Å². The molecule has 0 radical (unpaired) electrons. The van der Waals surface area contributed by atoms with Gasteiger partial charge in [0.05, 0.1) is 16.2 Å². The van der Waals surface area contributed by atoms with Gasteiger partial charge in [0.2, 0.25) is 21.0 Å². The third-order valence-corrected chi connectivity index (χ3v) is 4.88. The molecule has 0 aliphatic heterocycles. The minimum atomic E-state index is -3.93. The lowest BCUT2D eigenvalue weighted by Crippen LogP contribution is -2.16. The van der Waals surface area contributed by atoms with Crippen molar-refractivity contribution in [2.45, 2.75) is 4.90 Å². The zero-order chi connectivity index (χ0) is 18.9. The van der Waals surface area contributed by atoms with Crippen molar-refractivity contribution in [3.63, 3.8) is 0 Å². The molecule has 8 nitrogen and oxygen atoms in total. The predicted molar refractivity (Wildman–Crippen MR) is 104 cm³/mol. The molecule has 1 heterocycles. The number of nitrogens with one attached hydrogen (secondary N) is 2. The molecule has 11 heteroatoms. The first kappa shape index (κ1) is 18.3. The van der Waals surface area contributed by atoms with Crippen LogP contribution < -0.4 is 10.5 Å². The molecule has 0 spiro atoms. The van der Waals surface area contributed by atoms with Gasteiger partial charge in [0, 0.05) is 5.39 Å². The Balaban J connectivity index is 1.89. The maximum atomic E-state index is 11.6. The van der Waals surface area contributed by atoms with Crippen molar-refractivity contribution in [2.24, 2.45) is 15.4 Å². The van der Waals surface area contributed by atoms with E-state index in [1.54, 1.807) is 24.3 Å². The Hall–Kier alpha value is -2.53. The summed E-state index contributed by atoms with van der Waals surface area (Å²) < 4.78 is 23.2. The normalized spacial score (nSPS) is 11.9. The van der Waals surface area contributed by atoms with Gasteiger partial charge in [0.15, 0.2) is 5.69 Å². The number of nitrogens with two attached hydrogens (primary N) is 1. The summed E-state index contributed by atoms with van der Waals surface area (Å²) >= 11 is 11.1. The second-order valence-electron chi connectivity index (χ2n) is 5.16. The smallest absolute Gasteiger partial charge is 0.240 e. The average Bonchev–Trinajstić information content (AvgIpc) is 2.89. The van der Waals surface area contributed by atoms with E-state index in [1.165, 1.54) is 18.2 Å². The highest BCUT2D eigenvalue weighted by molar-refractivity contribution is 7.89. The number of nitrogens with zero attached hydrogens (tertiary/aromatic N) is 2. The molecular formula is C15H12ClN5O3S2. The molecule has 26 heavy (non-hydrogen) atoms. The fraction of sp³-hybridized carbons (Fsp3) is 0. The maximum absolute atomic E-state index is 11.6. The highest BCUT2D eigenvalue weighted by Crippen LogP contribution is 2.38. The quantitative estimate of drug-likeness (QED) is 0.387. The van der Waals surface area contributed by atoms with Crippen molar-refractivity contribution >= 4 is 61.2 Å². The number of hydrogen-bond donors (Lipinski definition) is 4. The summed E-state index contributed by atoms with van der Waals surface area (Å²) in [6.45, 7) is 0. The Morgan fingerprint density at radius 3 is 2.69 bits per heavy atom. The number of thiocarbonyl (C=S) groups is 1. The van der Waals surface area contributed by atoms with Gasteiger partial charge in [-0.3, -0.25) is 0 Å². The number of aromatic hydroxyl groups is 1. The van der Waals surface area contributed by atoms with Crippen LogP contribution in [0.15, 0.2) is 57.6 Å². The number of azo groups is 1. The van der Waals surface area contributed by atoms with Crippen LogP contribution in [-0.2, 0) is 10.0 Å². The molecule has 0 bridgehead atoms. The van der Waals surface area contributed by atoms with E-state index in [1.807, 2.05) is 0 Å². The lowest BCUT2D eigenvalue weighted by Gasteiger charge is -2.08. The number of benzene rings is 2. The van der Waals surface area contributed by atoms with Gasteiger partial charge in [-0.05, 0) is 30.4 Å². The summed E-state index contributed by atoms with van der Waals surface area (Å²) in [6, 6.07) is 11.1. The molecule has 0 fully saturated rings. The number of fused-ring (bicyclic) bond motifs is 1. The highest BCUT2D eigenvalue weighted by Gasteiger charge is 2.15. The summed E-state index contributed by atoms with van der Waals surface area (Å²) in [4.78, 5) is 2.58. The van der Waals surface area contributed by atoms with Crippen molar-refractivity contribution < 1.29 is 13.5 Å². The van der Waals surface area contributed by atoms with Crippen molar-refractivity contribution in [1.29, 1.82) is 0 Å². The molecular weight excluding hydrogens is 398 g/mol. The van der Waals surface area contributed by atoms with Gasteiger partial charge in [0.1, 0.15) is 4.90 Å². The SMILES string of the molecule is NS(=O)(=O)c1ccccc1NC(=S)N=Nc1c(O)[nH]c2c(Cl)cccc12. The van der Waals surface area contributed by atoms with Gasteiger partial charge in [-0.15, -0.1) is 10.2 Å². The van der Waals surface area contributed by atoms with E-state index in [4.69, 9.17) is 29.0 Å². The lowest BCUT2D eigenvalue weighted by atomic mass is 10.2. The molecule has 5 N–H and O–H groups in total. The van der Waals surface area contributed by atoms with Crippen LogP contribution in [-0.4, -0.2) is 23.6 Å². The van der Waals surface area contributed by atoms with Gasteiger partial charge in [0.25, 0.3) is 0 Å². The molecule has 3 rings (SSSR count). The van der Waals surface area contributed by atoms with Crippen molar-refractivity contribution in [2.75, 3.05) is 5.32 Å². The summed E-state index contributed by atoms with van der Waals surface area (Å²) in [5.41, 5.74) is 0.843. The molecule has 0 saturated heterocycles. The topological polar surface area (TPSA) is 133 Å². The number of aromatic nitrogens is 1. The molecule has 0 aliphatic rings. The Labute approximate surface area is 158 Å². The monoisotopic (exact) mass is 409 g/mol. The number of para-hydroxylation sites is 2. The number of primary sulfonamides is 1. The molecule has 0 unspecified atom stereocenters. The molecule has 2 aromatic carbocycles. The summed E-state index contributed by atoms with van der Waals surface area (Å²) in [5, 5.41) is 26.4. The number of aromatic amines is 1. The largest absolute Gasteiger partial charge is 0.493 e. The van der Waals surface area contributed by atoms with E-state index in [0.29, 0.717) is 15.9 Å². The molecule has 1 aromatic heterocycles. The third kappa shape index (κ3) is 3.68. The van der Waals surface area contributed by atoms with Gasteiger partial charge < -0.3 is 15.4 Å². The van der Waals surface area contributed by atoms with E-state index < -0.39 is 10.0 Å². The predicted octanol–water partition coefficient (Wildman–Crippen LogP) is 3.66. The van der Waals surface area contributed by atoms with Crippen LogP contribution in [0, 0.1) is 0 Å². The van der Waals surface area contributed by atoms with Gasteiger partial charge in [-0.25, -0.2) is 13.6 Å². The van der Waals surface area contributed by atoms with E-state index in [0.717, 1.165) is 0 Å². The zero-order valence-corrected chi connectivity index (χ0v) is 15.4. The first-order chi connectivity index (χ1) is 12.3. The number of H-pyrrole nitrogens is 1. The lowest BCUT2D eigenvalue weighted by molar-refractivity contribution is 0.459. The molecule has 0 atom stereocenters. The minimum absolute atomic E-state index is 0.114. The molecule has 0 saturated carbocycles. The minimum Gasteiger partial charge on any atom is -0.493 e. The standard InChI is InChI=1S/C15H12ClN5O3S2/c16-9-5-3-4-8-12(9)19-14(22)13(8)20-21-15(25)18-10-6-1-2-7-11(10)26(17,23)24/h1-7,19,22H,(H,18,25)(H2,17,23,24). The van der Waals surface area contributed by atoms with Crippen LogP contribution >= 0.6 is 23.8 Å². The fourth-order valence-corrected chi connectivity index (χ4v) is 3.37. The number of halogens is 1. The van der Waals surface area contributed by atoms with Gasteiger partial charge >= 0.3 is 0 Å². The van der Waals surface area contributed by atoms with E-state index in [-0.39, 0.29) is 27.3 Å². The first-order valence-electron chi connectivity index (χ1n) is 7.11. The second-order valence-corrected chi connectivity index (χ2v) is 7.48. The van der Waals surface area contributed by atoms with Gasteiger partial charge in [-0.2, -0.15) is 0 Å². The van der Waals surface area contributed by atoms with Gasteiger partial charge in [-0.1, -0.05) is 35.9 Å². The zero-order valence-electron chi connectivity index (χ0n) is 13.0. The Kier molecular flexibility index (Phi) is 4.92.